The predicted molar refractivity (Wildman–Crippen MR) is 113 cm³/mol. The van der Waals surface area contributed by atoms with Gasteiger partial charge in [0.25, 0.3) is 5.91 Å². The summed E-state index contributed by atoms with van der Waals surface area (Å²) in [5, 5.41) is 4.66. The van der Waals surface area contributed by atoms with Crippen LogP contribution in [0, 0.1) is 0 Å². The standard InChI is InChI=1S/C19H26N6O3S/c1-5-23(6-2)9-10-25(16(26)11-24-13-20-12-21-24)19-22-17-14(27-3)7-8-15(28-4)18(17)29-19/h7-8,12-13H,5-6,9-11H2,1-4H3. The molecule has 0 aliphatic carbocycles. The van der Waals surface area contributed by atoms with Crippen molar-refractivity contribution in [1.29, 1.82) is 0 Å². The van der Waals surface area contributed by atoms with Crippen LogP contribution in [0.3, 0.4) is 0 Å². The van der Waals surface area contributed by atoms with Gasteiger partial charge >= 0.3 is 0 Å². The van der Waals surface area contributed by atoms with Crippen molar-refractivity contribution in [2.45, 2.75) is 20.4 Å². The minimum atomic E-state index is -0.0976. The molecule has 0 atom stereocenters. The molecule has 0 spiro atoms. The molecule has 2 aromatic heterocycles. The number of ether oxygens (including phenoxy) is 2. The SMILES string of the molecule is CCN(CC)CCN(C(=O)Cn1cncn1)c1nc2c(OC)ccc(OC)c2s1. The van der Waals surface area contributed by atoms with Crippen LogP contribution in [0.4, 0.5) is 5.13 Å². The number of fused-ring (bicyclic) bond motifs is 1. The Morgan fingerprint density at radius 3 is 2.48 bits per heavy atom. The van der Waals surface area contributed by atoms with Gasteiger partial charge in [-0.15, -0.1) is 0 Å². The van der Waals surface area contributed by atoms with Crippen molar-refractivity contribution in [3.8, 4) is 11.5 Å². The summed E-state index contributed by atoms with van der Waals surface area (Å²) in [6.45, 7) is 7.44. The molecule has 10 heteroatoms. The van der Waals surface area contributed by atoms with Gasteiger partial charge in [0.15, 0.2) is 5.13 Å². The smallest absolute Gasteiger partial charge is 0.250 e. The highest BCUT2D eigenvalue weighted by Gasteiger charge is 2.23. The molecule has 0 radical (unpaired) electrons. The number of thiazole rings is 1. The average Bonchev–Trinajstić information content (AvgIpc) is 3.40. The van der Waals surface area contributed by atoms with Crippen LogP contribution in [0.5, 0.6) is 11.5 Å². The lowest BCUT2D eigenvalue weighted by molar-refractivity contribution is -0.119. The van der Waals surface area contributed by atoms with Gasteiger partial charge in [-0.1, -0.05) is 25.2 Å². The minimum Gasteiger partial charge on any atom is -0.495 e. The second kappa shape index (κ2) is 9.66. The van der Waals surface area contributed by atoms with E-state index in [-0.39, 0.29) is 12.5 Å². The number of anilines is 1. The molecule has 1 aromatic carbocycles. The monoisotopic (exact) mass is 418 g/mol. The third-order valence-corrected chi connectivity index (χ3v) is 5.82. The molecule has 156 valence electrons. The van der Waals surface area contributed by atoms with Crippen LogP contribution >= 0.6 is 11.3 Å². The first-order valence-corrected chi connectivity index (χ1v) is 10.3. The molecule has 0 saturated carbocycles. The van der Waals surface area contributed by atoms with Gasteiger partial charge < -0.3 is 14.4 Å². The van der Waals surface area contributed by atoms with E-state index in [9.17, 15) is 4.79 Å². The Bertz CT molecular complexity index is 898. The lowest BCUT2D eigenvalue weighted by Gasteiger charge is -2.24. The molecule has 0 N–H and O–H groups in total. The first kappa shape index (κ1) is 21.0. The number of carbonyl (C=O) groups excluding carboxylic acids is 1. The number of benzene rings is 1. The van der Waals surface area contributed by atoms with E-state index < -0.39 is 0 Å². The van der Waals surface area contributed by atoms with Gasteiger partial charge in [0, 0.05) is 13.1 Å². The van der Waals surface area contributed by atoms with Crippen molar-refractivity contribution in [2.24, 2.45) is 0 Å². The van der Waals surface area contributed by atoms with E-state index in [0.717, 1.165) is 24.3 Å². The van der Waals surface area contributed by atoms with Gasteiger partial charge in [-0.2, -0.15) is 5.10 Å². The number of carbonyl (C=O) groups is 1. The molecule has 0 saturated heterocycles. The second-order valence-electron chi connectivity index (χ2n) is 6.31. The van der Waals surface area contributed by atoms with Crippen molar-refractivity contribution in [3.05, 3.63) is 24.8 Å². The van der Waals surface area contributed by atoms with Crippen LogP contribution in [0.1, 0.15) is 13.8 Å². The zero-order valence-corrected chi connectivity index (χ0v) is 18.0. The quantitative estimate of drug-likeness (QED) is 0.499. The van der Waals surface area contributed by atoms with Crippen molar-refractivity contribution >= 4 is 32.6 Å². The van der Waals surface area contributed by atoms with Crippen molar-refractivity contribution < 1.29 is 14.3 Å². The van der Waals surface area contributed by atoms with Gasteiger partial charge in [-0.3, -0.25) is 9.69 Å². The molecule has 1 amide bonds. The predicted octanol–water partition coefficient (Wildman–Crippen LogP) is 2.28. The van der Waals surface area contributed by atoms with Gasteiger partial charge in [0.2, 0.25) is 0 Å². The molecule has 0 aliphatic rings. The highest BCUT2D eigenvalue weighted by atomic mass is 32.1. The van der Waals surface area contributed by atoms with Crippen molar-refractivity contribution in [2.75, 3.05) is 45.3 Å². The fourth-order valence-corrected chi connectivity index (χ4v) is 4.15. The topological polar surface area (TPSA) is 85.6 Å². The first-order chi connectivity index (χ1) is 14.1. The number of rotatable bonds is 10. The Balaban J connectivity index is 1.96. The minimum absolute atomic E-state index is 0.0976. The molecule has 0 aliphatic heterocycles. The van der Waals surface area contributed by atoms with Crippen LogP contribution < -0.4 is 14.4 Å². The van der Waals surface area contributed by atoms with Gasteiger partial charge in [0.1, 0.15) is 40.9 Å². The third kappa shape index (κ3) is 4.65. The van der Waals surface area contributed by atoms with Crippen LogP contribution in [0.15, 0.2) is 24.8 Å². The summed E-state index contributed by atoms with van der Waals surface area (Å²) in [5.41, 5.74) is 0.688. The number of hydrogen-bond acceptors (Lipinski definition) is 8. The molecule has 0 unspecified atom stereocenters. The number of nitrogens with zero attached hydrogens (tertiary/aromatic N) is 6. The number of methoxy groups -OCH3 is 2. The highest BCUT2D eigenvalue weighted by Crippen LogP contribution is 2.40. The fourth-order valence-electron chi connectivity index (χ4n) is 3.04. The Labute approximate surface area is 173 Å². The summed E-state index contributed by atoms with van der Waals surface area (Å²) in [6, 6.07) is 3.67. The lowest BCUT2D eigenvalue weighted by atomic mass is 10.3. The van der Waals surface area contributed by atoms with E-state index in [4.69, 9.17) is 14.5 Å². The summed E-state index contributed by atoms with van der Waals surface area (Å²) < 4.78 is 13.3. The Morgan fingerprint density at radius 1 is 1.14 bits per heavy atom. The summed E-state index contributed by atoms with van der Waals surface area (Å²) >= 11 is 1.42. The maximum Gasteiger partial charge on any atom is 0.250 e. The molecule has 2 heterocycles. The Morgan fingerprint density at radius 2 is 1.86 bits per heavy atom. The van der Waals surface area contributed by atoms with Gasteiger partial charge in [-0.25, -0.2) is 14.6 Å². The summed E-state index contributed by atoms with van der Waals surface area (Å²) in [4.78, 5) is 25.7. The molecule has 0 bridgehead atoms. The zero-order valence-electron chi connectivity index (χ0n) is 17.2. The third-order valence-electron chi connectivity index (χ3n) is 4.73. The lowest BCUT2D eigenvalue weighted by Crippen LogP contribution is -2.40. The molecule has 9 nitrogen and oxygen atoms in total. The van der Waals surface area contributed by atoms with E-state index >= 15 is 0 Å². The van der Waals surface area contributed by atoms with Crippen molar-refractivity contribution in [3.63, 3.8) is 0 Å². The number of likely N-dealkylation sites (N-methyl/N-ethyl adjacent to an activating group) is 1. The van der Waals surface area contributed by atoms with Gasteiger partial charge in [0.05, 0.1) is 14.2 Å². The number of amides is 1. The van der Waals surface area contributed by atoms with Crippen LogP contribution in [-0.2, 0) is 11.3 Å². The first-order valence-electron chi connectivity index (χ1n) is 9.47. The molecular weight excluding hydrogens is 392 g/mol. The Kier molecular flexibility index (Phi) is 6.99. The molecule has 3 rings (SSSR count). The van der Waals surface area contributed by atoms with Crippen LogP contribution in [0.25, 0.3) is 10.2 Å². The van der Waals surface area contributed by atoms with E-state index in [2.05, 4.69) is 28.8 Å². The van der Waals surface area contributed by atoms with Crippen LogP contribution in [0.2, 0.25) is 0 Å². The molecule has 3 aromatic rings. The fraction of sp³-hybridized carbons (Fsp3) is 0.474. The Hall–Kier alpha value is -2.72. The van der Waals surface area contributed by atoms with Crippen molar-refractivity contribution in [1.82, 2.24) is 24.6 Å². The zero-order chi connectivity index (χ0) is 20.8. The second-order valence-corrected chi connectivity index (χ2v) is 7.29. The van der Waals surface area contributed by atoms with Crippen LogP contribution in [-0.4, -0.2) is 71.0 Å². The van der Waals surface area contributed by atoms with E-state index in [1.165, 1.54) is 28.7 Å². The number of hydrogen-bond donors (Lipinski definition) is 0. The van der Waals surface area contributed by atoms with E-state index in [0.29, 0.717) is 28.7 Å². The largest absolute Gasteiger partial charge is 0.495 e. The maximum atomic E-state index is 13.1. The summed E-state index contributed by atoms with van der Waals surface area (Å²) in [5.74, 6) is 1.26. The number of aromatic nitrogens is 4. The van der Waals surface area contributed by atoms with Gasteiger partial charge in [-0.05, 0) is 25.2 Å². The normalized spacial score (nSPS) is 11.2. The molecule has 0 fully saturated rings. The maximum absolute atomic E-state index is 13.1. The summed E-state index contributed by atoms with van der Waals surface area (Å²) in [6.07, 6.45) is 2.95. The molecular formula is C19H26N6O3S. The summed E-state index contributed by atoms with van der Waals surface area (Å²) in [7, 11) is 3.23. The average molecular weight is 419 g/mol. The van der Waals surface area contributed by atoms with E-state index in [1.54, 1.807) is 19.1 Å². The highest BCUT2D eigenvalue weighted by molar-refractivity contribution is 7.22. The van der Waals surface area contributed by atoms with E-state index in [1.807, 2.05) is 12.1 Å². The molecule has 29 heavy (non-hydrogen) atoms.